The van der Waals surface area contributed by atoms with Crippen molar-refractivity contribution in [2.24, 2.45) is 13.0 Å². The fraction of sp³-hybridized carbons (Fsp3) is 0.393. The Morgan fingerprint density at radius 1 is 0.937 bits per heavy atom. The molecule has 0 bridgehead atoms. The molecule has 416 valence electrons. The number of hydrogen-bond acceptors (Lipinski definition) is 14. The number of aliphatic hydroxyl groups excluding tert-OH is 1. The van der Waals surface area contributed by atoms with Gasteiger partial charge in [-0.2, -0.15) is 9.51 Å². The van der Waals surface area contributed by atoms with Crippen LogP contribution in [0.4, 0.5) is 24.5 Å². The van der Waals surface area contributed by atoms with Gasteiger partial charge < -0.3 is 29.9 Å². The third-order valence-electron chi connectivity index (χ3n) is 15.2. The molecule has 3 aliphatic rings. The van der Waals surface area contributed by atoms with Crippen LogP contribution in [0.3, 0.4) is 0 Å². The number of piperazine rings is 1. The second-order valence-electron chi connectivity index (χ2n) is 20.7. The number of ketones is 1. The van der Waals surface area contributed by atoms with Crippen LogP contribution >= 0.6 is 11.3 Å². The monoisotopic (exact) mass is 1120 g/mol. The zero-order chi connectivity index (χ0) is 55.8. The van der Waals surface area contributed by atoms with Gasteiger partial charge in [0, 0.05) is 99.9 Å². The van der Waals surface area contributed by atoms with Crippen molar-refractivity contribution in [1.82, 2.24) is 44.9 Å². The molecule has 18 nitrogen and oxygen atoms in total. The molecular formula is C56H62F3N11O7S2. The van der Waals surface area contributed by atoms with E-state index in [2.05, 4.69) is 30.1 Å². The third kappa shape index (κ3) is 11.5. The molecule has 3 aromatic carbocycles. The number of β-amino-alcohol motifs (C(OH)–C–C–N with tert-alkyl or cyclic N) is 1. The van der Waals surface area contributed by atoms with Crippen molar-refractivity contribution in [3.05, 3.63) is 130 Å². The number of rotatable bonds is 18. The molecule has 79 heavy (non-hydrogen) atoms. The van der Waals surface area contributed by atoms with Crippen molar-refractivity contribution in [3.8, 4) is 27.4 Å². The number of nitrogens with one attached hydrogen (secondary N) is 2. The number of thiazole rings is 1. The van der Waals surface area contributed by atoms with Crippen molar-refractivity contribution >= 4 is 62.2 Å². The predicted molar refractivity (Wildman–Crippen MR) is 295 cm³/mol. The average Bonchev–Trinajstić information content (AvgIpc) is 4.37. The number of hydrogen-bond donors (Lipinski definition) is 4. The number of nitrogens with zero attached hydrogens (tertiary/aromatic N) is 9. The number of H-pyrrole nitrogens is 1. The summed E-state index contributed by atoms with van der Waals surface area (Å²) in [6, 6.07) is 19.9. The molecule has 0 spiro atoms. The summed E-state index contributed by atoms with van der Waals surface area (Å²) < 4.78 is 78.4. The lowest BCUT2D eigenvalue weighted by Gasteiger charge is -2.36. The minimum atomic E-state index is -3.50. The number of likely N-dealkylation sites (tertiary alicyclic amines) is 1. The quantitative estimate of drug-likeness (QED) is 0.0507. The van der Waals surface area contributed by atoms with Crippen molar-refractivity contribution < 1.29 is 45.8 Å². The normalized spacial score (nSPS) is 18.9. The number of carbonyl (C=O) groups is 3. The van der Waals surface area contributed by atoms with Crippen molar-refractivity contribution in [1.29, 1.82) is 0 Å². The molecule has 3 N–H and O–H groups in total. The van der Waals surface area contributed by atoms with Gasteiger partial charge >= 0.3 is 0 Å². The number of carbonyl (C=O) groups excluding carboxylic acids is 3. The maximum Gasteiger partial charge on any atom is 0.243 e. The van der Waals surface area contributed by atoms with Crippen LogP contribution in [0.15, 0.2) is 90.7 Å². The van der Waals surface area contributed by atoms with Crippen molar-refractivity contribution in [3.63, 3.8) is 0 Å². The summed E-state index contributed by atoms with van der Waals surface area (Å²) >= 11 is 1.58. The minimum absolute atomic E-state index is 0.00708. The molecule has 7 heterocycles. The Hall–Kier alpha value is -7.18. The molecule has 0 aliphatic carbocycles. The van der Waals surface area contributed by atoms with Crippen LogP contribution in [0.2, 0.25) is 0 Å². The second-order valence-corrected chi connectivity index (χ2v) is 22.4. The van der Waals surface area contributed by atoms with Gasteiger partial charge in [-0.15, -0.1) is 11.3 Å². The first-order valence-electron chi connectivity index (χ1n) is 26.3. The molecule has 7 aromatic rings. The summed E-state index contributed by atoms with van der Waals surface area (Å²) in [5, 5.41) is 20.0. The van der Waals surface area contributed by atoms with E-state index in [1.807, 2.05) is 81.7 Å². The number of aliphatic hydroxyl groups is 1. The van der Waals surface area contributed by atoms with E-state index in [0.717, 1.165) is 76.3 Å². The molecule has 5 atom stereocenters. The van der Waals surface area contributed by atoms with Gasteiger partial charge in [0.05, 0.1) is 51.9 Å². The number of aromatic nitrogens is 5. The van der Waals surface area contributed by atoms with Gasteiger partial charge in [0.2, 0.25) is 34.4 Å². The Balaban J connectivity index is 0.726. The number of hydrazine groups is 1. The van der Waals surface area contributed by atoms with Gasteiger partial charge in [-0.05, 0) is 73.2 Å². The molecule has 10 rings (SSSR count). The smallest absolute Gasteiger partial charge is 0.243 e. The highest BCUT2D eigenvalue weighted by Crippen LogP contribution is 2.36. The summed E-state index contributed by atoms with van der Waals surface area (Å²) in [7, 11) is -1.73. The number of thiol groups is 1. The number of alkyl halides is 1. The lowest BCUT2D eigenvalue weighted by atomic mass is 9.90. The Bertz CT molecular complexity index is 3450. The lowest BCUT2D eigenvalue weighted by Crippen LogP contribution is -2.48. The SMILES string of the molecule is Cc1ncsc1-c1ccc([C@H](C)NC(=O)[C@@H]2C[C@@H](O)CN2C(=O)[C@@H](c2cc(OCCN3CCN(c4ccc(-c5cnc6[nH]cc(C(=O)c7c(F)ccc(N(N8CC[C@@H](F)C8)[SH](=O)=O)c7F)c6c5)cc4)CC3)n(C)n2)C(C)C)cc1. The van der Waals surface area contributed by atoms with E-state index >= 15 is 8.78 Å². The second kappa shape index (κ2) is 23.3. The molecule has 0 saturated carbocycles. The molecule has 3 aliphatic heterocycles. The molecule has 2 amide bonds. The molecule has 3 fully saturated rings. The Morgan fingerprint density at radius 2 is 1.67 bits per heavy atom. The first-order chi connectivity index (χ1) is 37.9. The van der Waals surface area contributed by atoms with Gasteiger partial charge in [-0.25, -0.2) is 41.2 Å². The highest BCUT2D eigenvalue weighted by molar-refractivity contribution is 7.73. The van der Waals surface area contributed by atoms with Gasteiger partial charge in [-0.3, -0.25) is 19.3 Å². The van der Waals surface area contributed by atoms with E-state index in [0.29, 0.717) is 45.7 Å². The highest BCUT2D eigenvalue weighted by Gasteiger charge is 2.43. The zero-order valence-corrected chi connectivity index (χ0v) is 46.0. The van der Waals surface area contributed by atoms with Gasteiger partial charge in [0.15, 0.2) is 5.82 Å². The summed E-state index contributed by atoms with van der Waals surface area (Å²) in [4.78, 5) is 61.0. The van der Waals surface area contributed by atoms with Crippen molar-refractivity contribution in [2.75, 3.05) is 68.3 Å². The molecular weight excluding hydrogens is 1060 g/mol. The average molecular weight is 1120 g/mol. The van der Waals surface area contributed by atoms with E-state index < -0.39 is 63.8 Å². The fourth-order valence-electron chi connectivity index (χ4n) is 10.9. The van der Waals surface area contributed by atoms with Crippen LogP contribution < -0.4 is 19.4 Å². The van der Waals surface area contributed by atoms with E-state index in [9.17, 15) is 32.3 Å². The topological polar surface area (TPSA) is 202 Å². The van der Waals surface area contributed by atoms with Crippen LogP contribution in [0.5, 0.6) is 5.88 Å². The third-order valence-corrected chi connectivity index (χ3v) is 16.9. The molecule has 0 radical (unpaired) electrons. The fourth-order valence-corrected chi connectivity index (χ4v) is 12.4. The summed E-state index contributed by atoms with van der Waals surface area (Å²) in [6.07, 6.45) is 0.934. The van der Waals surface area contributed by atoms with Gasteiger partial charge in [0.1, 0.15) is 36.0 Å². The number of halogens is 3. The maximum atomic E-state index is 16.1. The largest absolute Gasteiger partial charge is 0.476 e. The van der Waals surface area contributed by atoms with Gasteiger partial charge in [-0.1, -0.05) is 50.2 Å². The first-order valence-corrected chi connectivity index (χ1v) is 28.3. The summed E-state index contributed by atoms with van der Waals surface area (Å²) in [5.74, 6) is -4.53. The van der Waals surface area contributed by atoms with Crippen LogP contribution in [0, 0.1) is 24.5 Å². The van der Waals surface area contributed by atoms with E-state index in [-0.39, 0.29) is 61.8 Å². The maximum absolute atomic E-state index is 16.1. The number of aryl methyl sites for hydroxylation is 2. The summed E-state index contributed by atoms with van der Waals surface area (Å²) in [6.45, 7) is 11.6. The van der Waals surface area contributed by atoms with Crippen molar-refractivity contribution in [2.45, 2.75) is 70.8 Å². The number of amides is 2. The van der Waals surface area contributed by atoms with Crippen LogP contribution in [-0.4, -0.2) is 148 Å². The number of aromatic amines is 1. The molecule has 4 aromatic heterocycles. The van der Waals surface area contributed by atoms with Gasteiger partial charge in [0.25, 0.3) is 0 Å². The van der Waals surface area contributed by atoms with Crippen LogP contribution in [-0.2, 0) is 27.5 Å². The van der Waals surface area contributed by atoms with Crippen LogP contribution in [0.1, 0.15) is 78.4 Å². The Kier molecular flexibility index (Phi) is 16.2. The lowest BCUT2D eigenvalue weighted by molar-refractivity contribution is -0.140. The number of pyridine rings is 1. The Labute approximate surface area is 460 Å². The minimum Gasteiger partial charge on any atom is -0.476 e. The number of fused-ring (bicyclic) bond motifs is 1. The predicted octanol–water partition coefficient (Wildman–Crippen LogP) is 6.98. The zero-order valence-electron chi connectivity index (χ0n) is 44.3. The van der Waals surface area contributed by atoms with Crippen LogP contribution in [0.25, 0.3) is 32.6 Å². The highest BCUT2D eigenvalue weighted by atomic mass is 32.2. The Morgan fingerprint density at radius 3 is 2.34 bits per heavy atom. The first kappa shape index (κ1) is 55.1. The molecule has 3 saturated heterocycles. The number of benzene rings is 3. The standard InChI is InChI=1S/C56H62F3N11O7S2/c1-32(2)49(56(74)69-30-41(71)25-47(69)55(73)63-33(3)35-6-8-37(9-7-35)53-34(4)62-31-78-53)45-26-48(65(5)64-45)77-23-22-66-18-20-67(21-19-66)40-12-10-36(11-13-40)38-24-42-43(28-61-54(42)60-27-38)52(72)50-44(58)14-15-46(51(50)59)70(79(75)76)68-17-16-39(57)29-68/h6-15,24,26-28,31-33,39,41,47,49,71,79H,16-23,25,29-30H2,1-5H3,(H,60,61)(H,63,73)/t33-,39+,41+,47-,49+/m0/s1. The summed E-state index contributed by atoms with van der Waals surface area (Å²) in [5.41, 5.74) is 6.43. The van der Waals surface area contributed by atoms with E-state index in [1.54, 1.807) is 41.4 Å². The molecule has 0 unspecified atom stereocenters. The number of ether oxygens (including phenoxy) is 1. The molecule has 23 heteroatoms. The number of anilines is 2. The van der Waals surface area contributed by atoms with E-state index in [4.69, 9.17) is 9.84 Å². The van der Waals surface area contributed by atoms with E-state index in [1.165, 1.54) is 11.1 Å².